The minimum atomic E-state index is 0. The van der Waals surface area contributed by atoms with E-state index in [9.17, 15) is 4.79 Å². The van der Waals surface area contributed by atoms with Crippen molar-refractivity contribution in [1.82, 2.24) is 4.98 Å². The summed E-state index contributed by atoms with van der Waals surface area (Å²) in [6, 6.07) is 7.70. The van der Waals surface area contributed by atoms with Gasteiger partial charge in [-0.05, 0) is 43.5 Å². The van der Waals surface area contributed by atoms with Gasteiger partial charge in [-0.1, -0.05) is 0 Å². The Hall–Kier alpha value is -1.85. The van der Waals surface area contributed by atoms with Gasteiger partial charge in [-0.15, -0.1) is 12.4 Å². The zero-order valence-electron chi connectivity index (χ0n) is 11.5. The number of nitrogens with zero attached hydrogens (tertiary/aromatic N) is 1. The molecule has 21 heavy (non-hydrogen) atoms. The van der Waals surface area contributed by atoms with Crippen LogP contribution in [0.5, 0.6) is 0 Å². The van der Waals surface area contributed by atoms with Crippen LogP contribution in [0.4, 0.5) is 5.69 Å². The molecule has 1 aromatic heterocycles. The van der Waals surface area contributed by atoms with Gasteiger partial charge in [0, 0.05) is 23.2 Å². The number of oxazole rings is 1. The molecule has 0 aliphatic heterocycles. The van der Waals surface area contributed by atoms with Crippen LogP contribution in [0.25, 0.3) is 11.3 Å². The van der Waals surface area contributed by atoms with Crippen LogP contribution in [-0.4, -0.2) is 16.9 Å². The Bertz CT molecular complexity index is 583. The molecule has 1 aromatic carbocycles. The van der Waals surface area contributed by atoms with Crippen LogP contribution in [-0.2, 0) is 4.79 Å². The number of amides is 1. The van der Waals surface area contributed by atoms with E-state index in [1.54, 1.807) is 6.20 Å². The maximum absolute atomic E-state index is 12.1. The van der Waals surface area contributed by atoms with Crippen molar-refractivity contribution in [3.05, 3.63) is 36.9 Å². The molecule has 3 rings (SSSR count). The van der Waals surface area contributed by atoms with Gasteiger partial charge in [0.2, 0.25) is 5.91 Å². The number of hydrogen-bond acceptors (Lipinski definition) is 4. The third kappa shape index (κ3) is 3.62. The molecule has 112 valence electrons. The average molecular weight is 308 g/mol. The molecule has 0 radical (unpaired) electrons. The molecule has 2 aromatic rings. The van der Waals surface area contributed by atoms with E-state index >= 15 is 0 Å². The number of benzene rings is 1. The smallest absolute Gasteiger partial charge is 0.227 e. The van der Waals surface area contributed by atoms with E-state index in [-0.39, 0.29) is 30.3 Å². The number of nitrogens with one attached hydrogen (secondary N) is 1. The normalized spacial score (nSPS) is 20.8. The third-order valence-corrected chi connectivity index (χ3v) is 3.71. The Morgan fingerprint density at radius 2 is 2.05 bits per heavy atom. The first-order chi connectivity index (χ1) is 9.72. The van der Waals surface area contributed by atoms with Crippen LogP contribution in [0, 0.1) is 5.92 Å². The summed E-state index contributed by atoms with van der Waals surface area (Å²) in [7, 11) is 0. The number of aromatic nitrogens is 1. The molecule has 2 unspecified atom stereocenters. The Labute approximate surface area is 129 Å². The number of carbonyl (C=O) groups excluding carboxylic acids is 1. The topological polar surface area (TPSA) is 81.2 Å². The second-order valence-corrected chi connectivity index (χ2v) is 5.20. The summed E-state index contributed by atoms with van der Waals surface area (Å²) in [6.07, 6.45) is 5.65. The van der Waals surface area contributed by atoms with Crippen LogP contribution >= 0.6 is 12.4 Å². The van der Waals surface area contributed by atoms with Crippen molar-refractivity contribution in [2.24, 2.45) is 11.7 Å². The van der Waals surface area contributed by atoms with Gasteiger partial charge in [0.25, 0.3) is 0 Å². The quantitative estimate of drug-likeness (QED) is 0.913. The lowest BCUT2D eigenvalue weighted by molar-refractivity contribution is -0.119. The molecule has 3 N–H and O–H groups in total. The maximum Gasteiger partial charge on any atom is 0.227 e. The summed E-state index contributed by atoms with van der Waals surface area (Å²) in [5.74, 6) is 0.814. The highest BCUT2D eigenvalue weighted by atomic mass is 35.5. The number of nitrogens with two attached hydrogens (primary N) is 1. The SMILES string of the molecule is Cl.NC1CCC(C(=O)Nc2ccc(-c3cnco3)cc2)C1. The Morgan fingerprint density at radius 3 is 2.62 bits per heavy atom. The van der Waals surface area contributed by atoms with E-state index < -0.39 is 0 Å². The first kappa shape index (κ1) is 15.5. The lowest BCUT2D eigenvalue weighted by atomic mass is 10.1. The molecule has 6 heteroatoms. The Kier molecular flexibility index (Phi) is 4.98. The number of rotatable bonds is 3. The van der Waals surface area contributed by atoms with Gasteiger partial charge in [0.15, 0.2) is 12.2 Å². The molecule has 0 spiro atoms. The van der Waals surface area contributed by atoms with Gasteiger partial charge >= 0.3 is 0 Å². The van der Waals surface area contributed by atoms with Crippen molar-refractivity contribution in [1.29, 1.82) is 0 Å². The van der Waals surface area contributed by atoms with Crippen molar-refractivity contribution in [2.75, 3.05) is 5.32 Å². The minimum absolute atomic E-state index is 0. The van der Waals surface area contributed by atoms with Crippen molar-refractivity contribution in [3.8, 4) is 11.3 Å². The largest absolute Gasteiger partial charge is 0.444 e. The van der Waals surface area contributed by atoms with Crippen LogP contribution in [0.2, 0.25) is 0 Å². The molecule has 1 fully saturated rings. The van der Waals surface area contributed by atoms with Crippen molar-refractivity contribution < 1.29 is 9.21 Å². The molecule has 1 heterocycles. The third-order valence-electron chi connectivity index (χ3n) is 3.71. The predicted molar refractivity (Wildman–Crippen MR) is 83.1 cm³/mol. The number of anilines is 1. The maximum atomic E-state index is 12.1. The van der Waals surface area contributed by atoms with Gasteiger partial charge in [-0.3, -0.25) is 4.79 Å². The predicted octanol–water partition coefficient (Wildman–Crippen LogP) is 2.83. The first-order valence-electron chi connectivity index (χ1n) is 6.78. The van der Waals surface area contributed by atoms with E-state index in [2.05, 4.69) is 10.3 Å². The second-order valence-electron chi connectivity index (χ2n) is 5.20. The van der Waals surface area contributed by atoms with Gasteiger partial charge < -0.3 is 15.5 Å². The van der Waals surface area contributed by atoms with Crippen molar-refractivity contribution in [3.63, 3.8) is 0 Å². The van der Waals surface area contributed by atoms with Crippen molar-refractivity contribution in [2.45, 2.75) is 25.3 Å². The van der Waals surface area contributed by atoms with Gasteiger partial charge in [-0.25, -0.2) is 4.98 Å². The molecule has 1 aliphatic rings. The summed E-state index contributed by atoms with van der Waals surface area (Å²) in [5, 5.41) is 2.94. The number of hydrogen-bond donors (Lipinski definition) is 2. The fraction of sp³-hybridized carbons (Fsp3) is 0.333. The van der Waals surface area contributed by atoms with Crippen LogP contribution in [0.3, 0.4) is 0 Å². The van der Waals surface area contributed by atoms with Crippen LogP contribution < -0.4 is 11.1 Å². The Balaban J connectivity index is 0.00000161. The summed E-state index contributed by atoms with van der Waals surface area (Å²) in [4.78, 5) is 16.0. The lowest BCUT2D eigenvalue weighted by Gasteiger charge is -2.11. The average Bonchev–Trinajstić information content (AvgIpc) is 3.10. The Morgan fingerprint density at radius 1 is 1.29 bits per heavy atom. The van der Waals surface area contributed by atoms with E-state index in [1.807, 2.05) is 24.3 Å². The molecule has 1 saturated carbocycles. The molecule has 2 atom stereocenters. The van der Waals surface area contributed by atoms with E-state index in [1.165, 1.54) is 6.39 Å². The molecule has 1 amide bonds. The lowest BCUT2D eigenvalue weighted by Crippen LogP contribution is -2.23. The van der Waals surface area contributed by atoms with Gasteiger partial charge in [0.05, 0.1) is 6.20 Å². The number of halogens is 1. The van der Waals surface area contributed by atoms with Gasteiger partial charge in [-0.2, -0.15) is 0 Å². The highest BCUT2D eigenvalue weighted by molar-refractivity contribution is 5.93. The molecule has 0 saturated heterocycles. The summed E-state index contributed by atoms with van der Waals surface area (Å²) in [5.41, 5.74) is 7.56. The van der Waals surface area contributed by atoms with E-state index in [0.29, 0.717) is 5.76 Å². The van der Waals surface area contributed by atoms with Crippen molar-refractivity contribution >= 4 is 24.0 Å². The second kappa shape index (κ2) is 6.74. The summed E-state index contributed by atoms with van der Waals surface area (Å²) >= 11 is 0. The first-order valence-corrected chi connectivity index (χ1v) is 6.78. The molecule has 1 aliphatic carbocycles. The number of carbonyl (C=O) groups is 1. The molecular weight excluding hydrogens is 290 g/mol. The minimum Gasteiger partial charge on any atom is -0.444 e. The molecular formula is C15H18ClN3O2. The molecule has 0 bridgehead atoms. The monoisotopic (exact) mass is 307 g/mol. The van der Waals surface area contributed by atoms with Gasteiger partial charge in [0.1, 0.15) is 0 Å². The fourth-order valence-corrected chi connectivity index (χ4v) is 2.58. The standard InChI is InChI=1S/C15H17N3O2.ClH/c16-12-4-1-11(7-12)15(19)18-13-5-2-10(3-6-13)14-8-17-9-20-14;/h2-3,5-6,8-9,11-12H,1,4,7,16H2,(H,18,19);1H. The molecule has 5 nitrogen and oxygen atoms in total. The zero-order valence-corrected chi connectivity index (χ0v) is 12.3. The van der Waals surface area contributed by atoms with E-state index in [0.717, 1.165) is 30.5 Å². The summed E-state index contributed by atoms with van der Waals surface area (Å²) < 4.78 is 5.22. The fourth-order valence-electron chi connectivity index (χ4n) is 2.58. The zero-order chi connectivity index (χ0) is 13.9. The highest BCUT2D eigenvalue weighted by Gasteiger charge is 2.27. The summed E-state index contributed by atoms with van der Waals surface area (Å²) in [6.45, 7) is 0. The van der Waals surface area contributed by atoms with Crippen LogP contribution in [0.1, 0.15) is 19.3 Å². The van der Waals surface area contributed by atoms with E-state index in [4.69, 9.17) is 10.2 Å². The van der Waals surface area contributed by atoms with Crippen LogP contribution in [0.15, 0.2) is 41.3 Å². The highest BCUT2D eigenvalue weighted by Crippen LogP contribution is 2.26.